The molecule has 9 heteroatoms. The van der Waals surface area contributed by atoms with Gasteiger partial charge in [-0.05, 0) is 36.4 Å². The van der Waals surface area contributed by atoms with E-state index < -0.39 is 3.79 Å². The van der Waals surface area contributed by atoms with Gasteiger partial charge in [0.1, 0.15) is 0 Å². The molecule has 0 fully saturated rings. The summed E-state index contributed by atoms with van der Waals surface area (Å²) in [5, 5.41) is 3.73. The molecular formula is C17H13Cl4N5. The zero-order valence-electron chi connectivity index (χ0n) is 13.3. The van der Waals surface area contributed by atoms with Crippen molar-refractivity contribution in [3.8, 4) is 11.4 Å². The van der Waals surface area contributed by atoms with E-state index in [1.807, 2.05) is 18.2 Å². The highest BCUT2D eigenvalue weighted by Gasteiger charge is 2.28. The molecule has 2 aromatic heterocycles. The van der Waals surface area contributed by atoms with Gasteiger partial charge in [-0.25, -0.2) is 4.98 Å². The Morgan fingerprint density at radius 2 is 1.69 bits per heavy atom. The van der Waals surface area contributed by atoms with Gasteiger partial charge < -0.3 is 5.32 Å². The number of alkyl halides is 3. The van der Waals surface area contributed by atoms with Gasteiger partial charge in [0, 0.05) is 35.4 Å². The number of nitrogens with zero attached hydrogens (tertiary/aromatic N) is 4. The van der Waals surface area contributed by atoms with Crippen molar-refractivity contribution in [3.63, 3.8) is 0 Å². The maximum absolute atomic E-state index is 5.96. The van der Waals surface area contributed by atoms with Crippen molar-refractivity contribution < 1.29 is 0 Å². The zero-order chi connectivity index (χ0) is 18.6. The van der Waals surface area contributed by atoms with Gasteiger partial charge in [0.25, 0.3) is 0 Å². The number of hydrogen-bond acceptors (Lipinski definition) is 5. The third-order valence-electron chi connectivity index (χ3n) is 3.38. The lowest BCUT2D eigenvalue weighted by Crippen LogP contribution is -2.15. The number of pyridine rings is 1. The molecule has 0 amide bonds. The quantitative estimate of drug-likeness (QED) is 0.574. The third-order valence-corrected chi connectivity index (χ3v) is 4.14. The van der Waals surface area contributed by atoms with Gasteiger partial charge >= 0.3 is 0 Å². The third kappa shape index (κ3) is 5.17. The fraction of sp³-hybridized carbons (Fsp3) is 0.176. The summed E-state index contributed by atoms with van der Waals surface area (Å²) in [4.78, 5) is 17.1. The lowest BCUT2D eigenvalue weighted by molar-refractivity contribution is 0.894. The van der Waals surface area contributed by atoms with E-state index in [0.29, 0.717) is 29.8 Å². The van der Waals surface area contributed by atoms with Gasteiger partial charge in [-0.15, -0.1) is 0 Å². The van der Waals surface area contributed by atoms with Crippen LogP contribution in [0.5, 0.6) is 0 Å². The van der Waals surface area contributed by atoms with E-state index in [-0.39, 0.29) is 5.82 Å². The van der Waals surface area contributed by atoms with Crippen molar-refractivity contribution in [3.05, 3.63) is 65.2 Å². The van der Waals surface area contributed by atoms with Crippen LogP contribution in [0.2, 0.25) is 5.02 Å². The van der Waals surface area contributed by atoms with Crippen molar-refractivity contribution in [1.29, 1.82) is 0 Å². The Morgan fingerprint density at radius 3 is 2.35 bits per heavy atom. The Labute approximate surface area is 170 Å². The SMILES string of the molecule is Clc1ccc(-c2nc(NCCc3ccccn3)nc(C(Cl)(Cl)Cl)n2)cc1. The highest BCUT2D eigenvalue weighted by molar-refractivity contribution is 6.66. The standard InChI is InChI=1S/C17H13Cl4N5/c18-12-6-4-11(5-7-12)14-24-15(17(19,20)21)26-16(25-14)23-10-8-13-3-1-2-9-22-13/h1-7,9H,8,10H2,(H,23,24,25,26). The van der Waals surface area contributed by atoms with E-state index in [2.05, 4.69) is 25.3 Å². The molecule has 1 aromatic carbocycles. The maximum Gasteiger partial charge on any atom is 0.250 e. The van der Waals surface area contributed by atoms with E-state index >= 15 is 0 Å². The molecule has 134 valence electrons. The van der Waals surface area contributed by atoms with Crippen molar-refractivity contribution in [2.24, 2.45) is 0 Å². The second kappa shape index (κ2) is 8.35. The number of benzene rings is 1. The Morgan fingerprint density at radius 1 is 0.923 bits per heavy atom. The average molecular weight is 429 g/mol. The molecule has 5 nitrogen and oxygen atoms in total. The van der Waals surface area contributed by atoms with E-state index in [9.17, 15) is 0 Å². The van der Waals surface area contributed by atoms with Crippen LogP contribution in [0.4, 0.5) is 5.95 Å². The smallest absolute Gasteiger partial charge is 0.250 e. The van der Waals surface area contributed by atoms with Gasteiger partial charge in [-0.3, -0.25) is 4.98 Å². The first kappa shape index (κ1) is 19.1. The Balaban J connectivity index is 1.84. The van der Waals surface area contributed by atoms with Crippen LogP contribution in [-0.2, 0) is 10.2 Å². The Kier molecular flexibility index (Phi) is 6.14. The normalized spacial score (nSPS) is 11.4. The van der Waals surface area contributed by atoms with Crippen molar-refractivity contribution in [2.75, 3.05) is 11.9 Å². The predicted octanol–water partition coefficient (Wildman–Crippen LogP) is 5.07. The van der Waals surface area contributed by atoms with Crippen LogP contribution in [0.25, 0.3) is 11.4 Å². The zero-order valence-corrected chi connectivity index (χ0v) is 16.4. The minimum Gasteiger partial charge on any atom is -0.354 e. The molecule has 3 aromatic rings. The van der Waals surface area contributed by atoms with E-state index in [4.69, 9.17) is 46.4 Å². The Bertz CT molecular complexity index is 867. The lowest BCUT2D eigenvalue weighted by atomic mass is 10.2. The first-order valence-corrected chi connectivity index (χ1v) is 9.16. The van der Waals surface area contributed by atoms with Crippen LogP contribution in [0.3, 0.4) is 0 Å². The van der Waals surface area contributed by atoms with E-state index in [0.717, 1.165) is 11.3 Å². The predicted molar refractivity (Wildman–Crippen MR) is 106 cm³/mol. The van der Waals surface area contributed by atoms with Crippen LogP contribution >= 0.6 is 46.4 Å². The largest absolute Gasteiger partial charge is 0.354 e. The fourth-order valence-electron chi connectivity index (χ4n) is 2.16. The average Bonchev–Trinajstić information content (AvgIpc) is 2.62. The summed E-state index contributed by atoms with van der Waals surface area (Å²) in [5.41, 5.74) is 1.69. The molecule has 0 bridgehead atoms. The monoisotopic (exact) mass is 427 g/mol. The minimum absolute atomic E-state index is 0.0442. The van der Waals surface area contributed by atoms with Gasteiger partial charge in [-0.1, -0.05) is 52.5 Å². The lowest BCUT2D eigenvalue weighted by Gasteiger charge is -2.13. The molecule has 26 heavy (non-hydrogen) atoms. The van der Waals surface area contributed by atoms with E-state index in [1.54, 1.807) is 30.5 Å². The minimum atomic E-state index is -1.76. The Hall–Kier alpha value is -1.66. The second-order valence-corrected chi connectivity index (χ2v) is 8.03. The highest BCUT2D eigenvalue weighted by atomic mass is 35.6. The van der Waals surface area contributed by atoms with Crippen LogP contribution in [0, 0.1) is 0 Å². The summed E-state index contributed by atoms with van der Waals surface area (Å²) in [7, 11) is 0. The van der Waals surface area contributed by atoms with Crippen LogP contribution in [0.1, 0.15) is 11.5 Å². The molecule has 0 spiro atoms. The number of anilines is 1. The number of aromatic nitrogens is 4. The van der Waals surface area contributed by atoms with Gasteiger partial charge in [0.05, 0.1) is 0 Å². The summed E-state index contributed by atoms with van der Waals surface area (Å²) >= 11 is 23.8. The van der Waals surface area contributed by atoms with Crippen LogP contribution in [0.15, 0.2) is 48.7 Å². The number of rotatable bonds is 5. The summed E-state index contributed by atoms with van der Waals surface area (Å²) in [5.74, 6) is 0.753. The number of hydrogen-bond donors (Lipinski definition) is 1. The van der Waals surface area contributed by atoms with Crippen LogP contribution in [-0.4, -0.2) is 26.5 Å². The summed E-state index contributed by atoms with van der Waals surface area (Å²) in [6.45, 7) is 0.570. The molecular weight excluding hydrogens is 416 g/mol. The molecule has 0 radical (unpaired) electrons. The summed E-state index contributed by atoms with van der Waals surface area (Å²) in [6, 6.07) is 12.8. The summed E-state index contributed by atoms with van der Waals surface area (Å²) < 4.78 is -1.76. The molecule has 2 heterocycles. The molecule has 0 aliphatic rings. The fourth-order valence-corrected chi connectivity index (χ4v) is 2.54. The molecule has 0 aliphatic heterocycles. The molecule has 3 rings (SSSR count). The first-order valence-electron chi connectivity index (χ1n) is 7.65. The van der Waals surface area contributed by atoms with Crippen molar-refractivity contribution in [1.82, 2.24) is 19.9 Å². The van der Waals surface area contributed by atoms with Crippen molar-refractivity contribution >= 4 is 52.4 Å². The number of nitrogens with one attached hydrogen (secondary N) is 1. The molecule has 0 atom stereocenters. The topological polar surface area (TPSA) is 63.6 Å². The highest BCUT2D eigenvalue weighted by Crippen LogP contribution is 2.36. The molecule has 1 N–H and O–H groups in total. The van der Waals surface area contributed by atoms with Gasteiger partial charge in [-0.2, -0.15) is 9.97 Å². The van der Waals surface area contributed by atoms with Gasteiger partial charge in [0.15, 0.2) is 11.6 Å². The molecule has 0 unspecified atom stereocenters. The van der Waals surface area contributed by atoms with Crippen molar-refractivity contribution in [2.45, 2.75) is 10.2 Å². The van der Waals surface area contributed by atoms with E-state index in [1.165, 1.54) is 0 Å². The molecule has 0 saturated heterocycles. The second-order valence-electron chi connectivity index (χ2n) is 5.31. The summed E-state index contributed by atoms with van der Waals surface area (Å²) in [6.07, 6.45) is 2.45. The van der Waals surface area contributed by atoms with Gasteiger partial charge in [0.2, 0.25) is 9.74 Å². The first-order chi connectivity index (χ1) is 12.4. The molecule has 0 saturated carbocycles. The number of halogens is 4. The maximum atomic E-state index is 5.96. The van der Waals surface area contributed by atoms with Crippen LogP contribution < -0.4 is 5.32 Å². The molecule has 0 aliphatic carbocycles.